The Morgan fingerprint density at radius 1 is 1.40 bits per heavy atom. The van der Waals surface area contributed by atoms with E-state index < -0.39 is 6.09 Å². The predicted octanol–water partition coefficient (Wildman–Crippen LogP) is 4.65. The highest BCUT2D eigenvalue weighted by Crippen LogP contribution is 2.52. The number of amides is 1. The Hall–Kier alpha value is -2.07. The number of para-hydroxylation sites is 1. The van der Waals surface area contributed by atoms with Crippen LogP contribution in [0.2, 0.25) is 0 Å². The van der Waals surface area contributed by atoms with Crippen molar-refractivity contribution < 1.29 is 14.3 Å². The number of anilines is 1. The average Bonchev–Trinajstić information content (AvgIpc) is 2.59. The number of nitrogens with one attached hydrogen (secondary N) is 1. The summed E-state index contributed by atoms with van der Waals surface area (Å²) in [7, 11) is 0. The summed E-state index contributed by atoms with van der Waals surface area (Å²) in [6, 6.07) is 9.34. The van der Waals surface area contributed by atoms with Gasteiger partial charge in [0.15, 0.2) is 0 Å². The van der Waals surface area contributed by atoms with Crippen LogP contribution < -0.4 is 5.32 Å². The van der Waals surface area contributed by atoms with Gasteiger partial charge in [0.25, 0.3) is 0 Å². The number of hydrogen-bond donors (Lipinski definition) is 1. The SMILES string of the molecule is C=C[C@@H]1OC[C@@]2(COC(=O)Nc3ccccc3)[C@H](C)C=C(C)[C@@H]1[C@H]2C. The monoisotopic (exact) mass is 341 g/mol. The molecule has 2 aliphatic rings. The van der Waals surface area contributed by atoms with Crippen molar-refractivity contribution in [2.24, 2.45) is 23.2 Å². The van der Waals surface area contributed by atoms with Gasteiger partial charge in [0.2, 0.25) is 0 Å². The van der Waals surface area contributed by atoms with Gasteiger partial charge in [-0.3, -0.25) is 5.32 Å². The third kappa shape index (κ3) is 3.23. The lowest BCUT2D eigenvalue weighted by Crippen LogP contribution is -2.56. The van der Waals surface area contributed by atoms with Gasteiger partial charge in [-0.2, -0.15) is 0 Å². The molecule has 1 fully saturated rings. The lowest BCUT2D eigenvalue weighted by Gasteiger charge is -2.54. The normalized spacial score (nSPS) is 34.0. The number of ether oxygens (including phenoxy) is 2. The minimum Gasteiger partial charge on any atom is -0.449 e. The van der Waals surface area contributed by atoms with E-state index in [0.717, 1.165) is 5.69 Å². The van der Waals surface area contributed by atoms with Gasteiger partial charge >= 0.3 is 6.09 Å². The summed E-state index contributed by atoms with van der Waals surface area (Å²) < 4.78 is 11.7. The molecule has 134 valence electrons. The molecule has 0 radical (unpaired) electrons. The zero-order valence-corrected chi connectivity index (χ0v) is 15.2. The number of carbonyl (C=O) groups is 1. The molecule has 1 heterocycles. The van der Waals surface area contributed by atoms with E-state index in [1.54, 1.807) is 0 Å². The van der Waals surface area contributed by atoms with Crippen molar-refractivity contribution in [3.63, 3.8) is 0 Å². The molecule has 1 aromatic carbocycles. The number of rotatable bonds is 4. The number of carbonyl (C=O) groups excluding carboxylic acids is 1. The summed E-state index contributed by atoms with van der Waals surface area (Å²) in [6.07, 6.45) is 3.81. The van der Waals surface area contributed by atoms with Crippen LogP contribution in [-0.4, -0.2) is 25.4 Å². The van der Waals surface area contributed by atoms with Crippen molar-refractivity contribution in [1.82, 2.24) is 0 Å². The number of benzene rings is 1. The van der Waals surface area contributed by atoms with E-state index in [4.69, 9.17) is 9.47 Å². The molecule has 5 atom stereocenters. The lowest BCUT2D eigenvalue weighted by atomic mass is 9.56. The molecular formula is C21H27NO3. The molecule has 4 heteroatoms. The summed E-state index contributed by atoms with van der Waals surface area (Å²) in [5, 5.41) is 2.78. The zero-order valence-electron chi connectivity index (χ0n) is 15.2. The van der Waals surface area contributed by atoms with Gasteiger partial charge in [-0.15, -0.1) is 6.58 Å². The minimum atomic E-state index is -0.423. The molecule has 1 amide bonds. The molecule has 0 saturated carbocycles. The minimum absolute atomic E-state index is 0.0324. The Morgan fingerprint density at radius 3 is 2.80 bits per heavy atom. The fraction of sp³-hybridized carbons (Fsp3) is 0.476. The fourth-order valence-corrected chi connectivity index (χ4v) is 4.39. The quantitative estimate of drug-likeness (QED) is 0.811. The molecule has 1 aliphatic carbocycles. The van der Waals surface area contributed by atoms with Gasteiger partial charge in [0, 0.05) is 17.0 Å². The standard InChI is InChI=1S/C21H27NO3/c1-5-18-19-14(2)11-15(3)21(12-24-18,16(19)4)13-25-20(23)22-17-9-7-6-8-10-17/h5-11,15-16,18-19H,1,12-13H2,2-4H3,(H,22,23)/t15-,16-,18+,19-,21-/m1/s1. The molecule has 1 N–H and O–H groups in total. The first-order valence-corrected chi connectivity index (χ1v) is 8.89. The van der Waals surface area contributed by atoms with Gasteiger partial charge in [-0.25, -0.2) is 4.79 Å². The third-order valence-electron chi connectivity index (χ3n) is 6.01. The van der Waals surface area contributed by atoms with Gasteiger partial charge in [-0.1, -0.05) is 49.8 Å². The molecule has 1 aliphatic heterocycles. The van der Waals surface area contributed by atoms with Crippen LogP contribution in [0, 0.1) is 23.2 Å². The summed E-state index contributed by atoms with van der Waals surface area (Å²) in [6.45, 7) is 11.4. The topological polar surface area (TPSA) is 47.6 Å². The summed E-state index contributed by atoms with van der Waals surface area (Å²) >= 11 is 0. The van der Waals surface area contributed by atoms with Crippen molar-refractivity contribution in [3.8, 4) is 0 Å². The van der Waals surface area contributed by atoms with Crippen LogP contribution in [0.1, 0.15) is 20.8 Å². The molecular weight excluding hydrogens is 314 g/mol. The molecule has 0 aromatic heterocycles. The average molecular weight is 341 g/mol. The summed E-state index contributed by atoms with van der Waals surface area (Å²) in [5.74, 6) is 0.936. The highest BCUT2D eigenvalue weighted by molar-refractivity contribution is 5.84. The van der Waals surface area contributed by atoms with E-state index in [1.807, 2.05) is 36.4 Å². The van der Waals surface area contributed by atoms with Gasteiger partial charge in [0.1, 0.15) is 6.61 Å². The summed E-state index contributed by atoms with van der Waals surface area (Å²) in [5.41, 5.74) is 1.88. The molecule has 1 aromatic rings. The second-order valence-corrected chi connectivity index (χ2v) is 7.33. The maximum absolute atomic E-state index is 12.2. The second kappa shape index (κ2) is 7.04. The summed E-state index contributed by atoms with van der Waals surface area (Å²) in [4.78, 5) is 12.2. The Kier molecular flexibility index (Phi) is 5.00. The number of hydrogen-bond acceptors (Lipinski definition) is 3. The maximum atomic E-state index is 12.2. The van der Waals surface area contributed by atoms with Crippen LogP contribution in [0.15, 0.2) is 54.6 Å². The van der Waals surface area contributed by atoms with Crippen molar-refractivity contribution in [2.75, 3.05) is 18.5 Å². The zero-order chi connectivity index (χ0) is 18.0. The van der Waals surface area contributed by atoms with Crippen molar-refractivity contribution in [3.05, 3.63) is 54.6 Å². The Morgan fingerprint density at radius 2 is 2.12 bits per heavy atom. The van der Waals surface area contributed by atoms with Crippen LogP contribution in [0.4, 0.5) is 10.5 Å². The molecule has 3 rings (SSSR count). The first-order chi connectivity index (χ1) is 12.0. The highest BCUT2D eigenvalue weighted by Gasteiger charge is 2.53. The van der Waals surface area contributed by atoms with Gasteiger partial charge in [0.05, 0.1) is 12.7 Å². The van der Waals surface area contributed by atoms with Crippen molar-refractivity contribution in [2.45, 2.75) is 26.9 Å². The second-order valence-electron chi connectivity index (χ2n) is 7.33. The highest BCUT2D eigenvalue weighted by atomic mass is 16.6. The molecule has 1 saturated heterocycles. The number of allylic oxidation sites excluding steroid dienone is 1. The largest absolute Gasteiger partial charge is 0.449 e. The van der Waals surface area contributed by atoms with Crippen LogP contribution in [0.3, 0.4) is 0 Å². The van der Waals surface area contributed by atoms with Gasteiger partial charge in [-0.05, 0) is 30.9 Å². The van der Waals surface area contributed by atoms with Crippen LogP contribution in [0.5, 0.6) is 0 Å². The first kappa shape index (κ1) is 17.7. The van der Waals surface area contributed by atoms with E-state index in [-0.39, 0.29) is 17.4 Å². The van der Waals surface area contributed by atoms with E-state index in [2.05, 4.69) is 38.7 Å². The first-order valence-electron chi connectivity index (χ1n) is 8.89. The fourth-order valence-electron chi connectivity index (χ4n) is 4.39. The Bertz CT molecular complexity index is 669. The molecule has 2 bridgehead atoms. The third-order valence-corrected chi connectivity index (χ3v) is 6.01. The van der Waals surface area contributed by atoms with Crippen molar-refractivity contribution in [1.29, 1.82) is 0 Å². The Balaban J connectivity index is 1.72. The lowest BCUT2D eigenvalue weighted by molar-refractivity contribution is -0.148. The van der Waals surface area contributed by atoms with Crippen LogP contribution >= 0.6 is 0 Å². The van der Waals surface area contributed by atoms with Crippen LogP contribution in [-0.2, 0) is 9.47 Å². The van der Waals surface area contributed by atoms with Gasteiger partial charge < -0.3 is 9.47 Å². The Labute approximate surface area is 149 Å². The number of fused-ring (bicyclic) bond motifs is 2. The van der Waals surface area contributed by atoms with E-state index in [9.17, 15) is 4.79 Å². The maximum Gasteiger partial charge on any atom is 0.411 e. The van der Waals surface area contributed by atoms with E-state index >= 15 is 0 Å². The van der Waals surface area contributed by atoms with Crippen LogP contribution in [0.25, 0.3) is 0 Å². The molecule has 25 heavy (non-hydrogen) atoms. The van der Waals surface area contributed by atoms with E-state index in [0.29, 0.717) is 25.0 Å². The smallest absolute Gasteiger partial charge is 0.411 e. The molecule has 0 unspecified atom stereocenters. The van der Waals surface area contributed by atoms with Crippen molar-refractivity contribution >= 4 is 11.8 Å². The molecule has 4 nitrogen and oxygen atoms in total. The molecule has 0 spiro atoms. The van der Waals surface area contributed by atoms with E-state index in [1.165, 1.54) is 5.57 Å². The predicted molar refractivity (Wildman–Crippen MR) is 99.4 cm³/mol.